The average molecular weight is 364 g/mol. The van der Waals surface area contributed by atoms with Crippen molar-refractivity contribution in [2.75, 3.05) is 46.3 Å². The number of likely N-dealkylation sites (N-methyl/N-ethyl adjacent to an activating group) is 1. The fourth-order valence-corrected chi connectivity index (χ4v) is 5.53. The summed E-state index contributed by atoms with van der Waals surface area (Å²) in [6, 6.07) is 4.33. The number of nitrogens with zero attached hydrogens (tertiary/aromatic N) is 3. The standard InChI is InChI=1S/C19H29N3O2S/c1-20-4-6-21(7-5-20)17-9-14-12-22(13-15(14)10-18(17)23)19(24)11-16-3-2-8-25-16/h2-3,8,14-15,17-18,23H,4-7,9-13H2,1H3/t14-,15+,17-,18-/m1/s1. The van der Waals surface area contributed by atoms with Crippen LogP contribution in [0.25, 0.3) is 0 Å². The molecule has 1 aliphatic carbocycles. The van der Waals surface area contributed by atoms with Gasteiger partial charge in [0.1, 0.15) is 0 Å². The Hall–Kier alpha value is -0.950. The van der Waals surface area contributed by atoms with Crippen LogP contribution in [0, 0.1) is 11.8 Å². The van der Waals surface area contributed by atoms with Gasteiger partial charge >= 0.3 is 0 Å². The number of carbonyl (C=O) groups excluding carboxylic acids is 1. The summed E-state index contributed by atoms with van der Waals surface area (Å²) in [5.74, 6) is 1.29. The lowest BCUT2D eigenvalue weighted by atomic mass is 9.77. The zero-order valence-corrected chi connectivity index (χ0v) is 15.8. The highest BCUT2D eigenvalue weighted by molar-refractivity contribution is 7.10. The number of amides is 1. The fourth-order valence-electron chi connectivity index (χ4n) is 4.83. The van der Waals surface area contributed by atoms with E-state index in [1.807, 2.05) is 22.4 Å². The Labute approximate surface area is 154 Å². The molecular weight excluding hydrogens is 334 g/mol. The van der Waals surface area contributed by atoms with Gasteiger partial charge in [-0.25, -0.2) is 0 Å². The zero-order valence-electron chi connectivity index (χ0n) is 15.0. The molecule has 3 fully saturated rings. The summed E-state index contributed by atoms with van der Waals surface area (Å²) in [5, 5.41) is 12.7. The molecule has 1 saturated carbocycles. The molecule has 138 valence electrons. The fraction of sp³-hybridized carbons (Fsp3) is 0.737. The molecule has 0 radical (unpaired) electrons. The number of fused-ring (bicyclic) bond motifs is 1. The number of piperazine rings is 1. The van der Waals surface area contributed by atoms with Gasteiger partial charge in [0.05, 0.1) is 12.5 Å². The van der Waals surface area contributed by atoms with Crippen molar-refractivity contribution in [1.82, 2.24) is 14.7 Å². The van der Waals surface area contributed by atoms with E-state index in [-0.39, 0.29) is 18.1 Å². The number of thiophene rings is 1. The second-order valence-corrected chi connectivity index (χ2v) is 9.05. The minimum absolute atomic E-state index is 0.239. The topological polar surface area (TPSA) is 47.0 Å². The Morgan fingerprint density at radius 2 is 1.92 bits per heavy atom. The molecule has 1 aromatic rings. The summed E-state index contributed by atoms with van der Waals surface area (Å²) in [5.41, 5.74) is 0. The summed E-state index contributed by atoms with van der Waals surface area (Å²) < 4.78 is 0. The van der Waals surface area contributed by atoms with Gasteiger partial charge in [0.15, 0.2) is 0 Å². The maximum Gasteiger partial charge on any atom is 0.227 e. The molecule has 1 amide bonds. The third-order valence-electron chi connectivity index (χ3n) is 6.37. The lowest BCUT2D eigenvalue weighted by molar-refractivity contribution is -0.129. The van der Waals surface area contributed by atoms with E-state index in [2.05, 4.69) is 16.8 Å². The van der Waals surface area contributed by atoms with Crippen molar-refractivity contribution in [3.63, 3.8) is 0 Å². The lowest BCUT2D eigenvalue weighted by Gasteiger charge is -2.44. The number of aliphatic hydroxyl groups is 1. The molecule has 25 heavy (non-hydrogen) atoms. The van der Waals surface area contributed by atoms with E-state index >= 15 is 0 Å². The third kappa shape index (κ3) is 3.77. The van der Waals surface area contributed by atoms with Crippen molar-refractivity contribution in [2.24, 2.45) is 11.8 Å². The molecule has 6 heteroatoms. The van der Waals surface area contributed by atoms with Gasteiger partial charge in [-0.05, 0) is 43.2 Å². The minimum Gasteiger partial charge on any atom is -0.391 e. The molecule has 2 saturated heterocycles. The summed E-state index contributed by atoms with van der Waals surface area (Å²) in [4.78, 5) is 20.6. The van der Waals surface area contributed by atoms with Gasteiger partial charge in [-0.2, -0.15) is 0 Å². The first-order valence-electron chi connectivity index (χ1n) is 9.51. The predicted molar refractivity (Wildman–Crippen MR) is 99.7 cm³/mol. The van der Waals surface area contributed by atoms with Crippen molar-refractivity contribution in [1.29, 1.82) is 0 Å². The molecule has 2 aliphatic heterocycles. The van der Waals surface area contributed by atoms with Crippen LogP contribution in [-0.4, -0.2) is 84.2 Å². The number of likely N-dealkylation sites (tertiary alicyclic amines) is 1. The van der Waals surface area contributed by atoms with E-state index in [9.17, 15) is 9.90 Å². The van der Waals surface area contributed by atoms with Gasteiger partial charge in [-0.1, -0.05) is 6.07 Å². The first-order chi connectivity index (χ1) is 12.1. The minimum atomic E-state index is -0.239. The van der Waals surface area contributed by atoms with Crippen molar-refractivity contribution in [2.45, 2.75) is 31.4 Å². The highest BCUT2D eigenvalue weighted by Crippen LogP contribution is 2.38. The van der Waals surface area contributed by atoms with E-state index in [4.69, 9.17) is 0 Å². The molecule has 3 heterocycles. The van der Waals surface area contributed by atoms with Crippen LogP contribution in [0.1, 0.15) is 17.7 Å². The van der Waals surface area contributed by atoms with Crippen molar-refractivity contribution < 1.29 is 9.90 Å². The second kappa shape index (κ2) is 7.35. The molecule has 0 bridgehead atoms. The summed E-state index contributed by atoms with van der Waals surface area (Å²) in [6.45, 7) is 5.99. The van der Waals surface area contributed by atoms with Crippen LogP contribution in [0.2, 0.25) is 0 Å². The van der Waals surface area contributed by atoms with Crippen molar-refractivity contribution in [3.05, 3.63) is 22.4 Å². The molecule has 5 nitrogen and oxygen atoms in total. The monoisotopic (exact) mass is 363 g/mol. The van der Waals surface area contributed by atoms with E-state index in [1.54, 1.807) is 11.3 Å². The number of hydrogen-bond donors (Lipinski definition) is 1. The van der Waals surface area contributed by atoms with Crippen LogP contribution in [0.4, 0.5) is 0 Å². The van der Waals surface area contributed by atoms with Crippen molar-refractivity contribution >= 4 is 17.2 Å². The van der Waals surface area contributed by atoms with Crippen LogP contribution < -0.4 is 0 Å². The van der Waals surface area contributed by atoms with E-state index < -0.39 is 0 Å². The van der Waals surface area contributed by atoms with Gasteiger partial charge in [0, 0.05) is 50.2 Å². The van der Waals surface area contributed by atoms with Crippen LogP contribution in [0.5, 0.6) is 0 Å². The van der Waals surface area contributed by atoms with Crippen molar-refractivity contribution in [3.8, 4) is 0 Å². The molecule has 0 aromatic carbocycles. The quantitative estimate of drug-likeness (QED) is 0.875. The number of rotatable bonds is 3. The molecule has 0 unspecified atom stereocenters. The molecular formula is C19H29N3O2S. The third-order valence-corrected chi connectivity index (χ3v) is 7.25. The average Bonchev–Trinajstić information content (AvgIpc) is 3.24. The molecule has 4 atom stereocenters. The van der Waals surface area contributed by atoms with Crippen LogP contribution in [-0.2, 0) is 11.2 Å². The predicted octanol–water partition coefficient (Wildman–Crippen LogP) is 1.14. The first-order valence-corrected chi connectivity index (χ1v) is 10.4. The normalized spacial score (nSPS) is 34.2. The highest BCUT2D eigenvalue weighted by atomic mass is 32.1. The number of carbonyl (C=O) groups is 1. The van der Waals surface area contributed by atoms with Gasteiger partial charge < -0.3 is 14.9 Å². The largest absolute Gasteiger partial charge is 0.391 e. The number of hydrogen-bond acceptors (Lipinski definition) is 5. The van der Waals surface area contributed by atoms with Gasteiger partial charge in [0.25, 0.3) is 0 Å². The Bertz CT molecular complexity index is 585. The van der Waals surface area contributed by atoms with Gasteiger partial charge in [-0.15, -0.1) is 11.3 Å². The Morgan fingerprint density at radius 1 is 1.20 bits per heavy atom. The number of aliphatic hydroxyl groups excluding tert-OH is 1. The molecule has 4 rings (SSSR count). The maximum absolute atomic E-state index is 12.6. The smallest absolute Gasteiger partial charge is 0.227 e. The first kappa shape index (κ1) is 17.5. The molecule has 1 aromatic heterocycles. The Kier molecular flexibility index (Phi) is 5.13. The SMILES string of the molecule is CN1CCN([C@@H]2C[C@@H]3CN(C(=O)Cc4cccs4)C[C@@H]3C[C@H]2O)CC1. The molecule has 1 N–H and O–H groups in total. The molecule has 3 aliphatic rings. The van der Waals surface area contributed by atoms with Crippen LogP contribution in [0.15, 0.2) is 17.5 Å². The van der Waals surface area contributed by atoms with Crippen LogP contribution in [0.3, 0.4) is 0 Å². The van der Waals surface area contributed by atoms with Crippen LogP contribution >= 0.6 is 11.3 Å². The summed E-state index contributed by atoms with van der Waals surface area (Å²) >= 11 is 1.66. The van der Waals surface area contributed by atoms with E-state index in [1.165, 1.54) is 0 Å². The molecule has 0 spiro atoms. The van der Waals surface area contributed by atoms with Gasteiger partial charge in [0.2, 0.25) is 5.91 Å². The van der Waals surface area contributed by atoms with Gasteiger partial charge in [-0.3, -0.25) is 9.69 Å². The second-order valence-electron chi connectivity index (χ2n) is 8.02. The maximum atomic E-state index is 12.6. The Morgan fingerprint density at radius 3 is 2.60 bits per heavy atom. The van der Waals surface area contributed by atoms with E-state index in [0.717, 1.165) is 57.0 Å². The summed E-state index contributed by atoms with van der Waals surface area (Å²) in [6.07, 6.45) is 2.18. The summed E-state index contributed by atoms with van der Waals surface area (Å²) in [7, 11) is 2.17. The van der Waals surface area contributed by atoms with E-state index in [0.29, 0.717) is 18.3 Å². The highest BCUT2D eigenvalue weighted by Gasteiger charge is 2.44. The lowest BCUT2D eigenvalue weighted by Crippen LogP contribution is -2.55. The zero-order chi connectivity index (χ0) is 17.4. The Balaban J connectivity index is 1.35.